The summed E-state index contributed by atoms with van der Waals surface area (Å²) in [7, 11) is 0. The van der Waals surface area contributed by atoms with Crippen molar-refractivity contribution in [1.29, 1.82) is 0 Å². The standard InChI is InChI=1S/C15H24N2O3/c1-3-10(2)15(17-6-4-16-5-7-17)14-12(19)8-11(18)9-13(14)20/h8-10,15-16,18-20H,3-7H2,1-2H3/t10?,15-/m0/s1. The Kier molecular flexibility index (Phi) is 4.73. The average Bonchev–Trinajstić information content (AvgIpc) is 2.42. The Morgan fingerprint density at radius 2 is 1.70 bits per heavy atom. The molecule has 2 rings (SSSR count). The first-order chi connectivity index (χ1) is 9.54. The van der Waals surface area contributed by atoms with Crippen LogP contribution < -0.4 is 5.32 Å². The number of phenols is 3. The van der Waals surface area contributed by atoms with Gasteiger partial charge in [-0.05, 0) is 5.92 Å². The molecule has 0 radical (unpaired) electrons. The summed E-state index contributed by atoms with van der Waals surface area (Å²) >= 11 is 0. The molecule has 112 valence electrons. The van der Waals surface area contributed by atoms with Crippen molar-refractivity contribution in [2.45, 2.75) is 26.3 Å². The molecule has 1 unspecified atom stereocenters. The van der Waals surface area contributed by atoms with Crippen molar-refractivity contribution in [1.82, 2.24) is 10.2 Å². The fourth-order valence-corrected chi connectivity index (χ4v) is 2.92. The Hall–Kier alpha value is -1.46. The summed E-state index contributed by atoms with van der Waals surface area (Å²) in [4.78, 5) is 2.29. The number of benzene rings is 1. The highest BCUT2D eigenvalue weighted by Gasteiger charge is 2.31. The summed E-state index contributed by atoms with van der Waals surface area (Å²) in [6, 6.07) is 2.56. The summed E-state index contributed by atoms with van der Waals surface area (Å²) in [5, 5.41) is 33.1. The maximum Gasteiger partial charge on any atom is 0.127 e. The summed E-state index contributed by atoms with van der Waals surface area (Å²) in [6.07, 6.45) is 0.953. The first-order valence-electron chi connectivity index (χ1n) is 7.24. The van der Waals surface area contributed by atoms with E-state index < -0.39 is 0 Å². The normalized spacial score (nSPS) is 19.7. The number of nitrogens with one attached hydrogen (secondary N) is 1. The number of nitrogens with zero attached hydrogens (tertiary/aromatic N) is 1. The number of phenolic OH excluding ortho intramolecular Hbond substituents is 3. The molecule has 0 amide bonds. The molecule has 5 nitrogen and oxygen atoms in total. The predicted molar refractivity (Wildman–Crippen MR) is 78.1 cm³/mol. The van der Waals surface area contributed by atoms with Gasteiger partial charge in [-0.1, -0.05) is 20.3 Å². The molecule has 1 aliphatic heterocycles. The minimum absolute atomic E-state index is 0.0358. The van der Waals surface area contributed by atoms with Crippen LogP contribution in [0.15, 0.2) is 12.1 Å². The monoisotopic (exact) mass is 280 g/mol. The summed E-state index contributed by atoms with van der Waals surface area (Å²) in [6.45, 7) is 7.81. The van der Waals surface area contributed by atoms with E-state index in [-0.39, 0.29) is 23.3 Å². The summed E-state index contributed by atoms with van der Waals surface area (Å²) in [5.41, 5.74) is 0.527. The van der Waals surface area contributed by atoms with Crippen LogP contribution in [0.5, 0.6) is 17.2 Å². The molecule has 1 aromatic rings. The Balaban J connectivity index is 2.40. The topological polar surface area (TPSA) is 76.0 Å². The molecule has 1 fully saturated rings. The Morgan fingerprint density at radius 1 is 1.15 bits per heavy atom. The number of hydrogen-bond acceptors (Lipinski definition) is 5. The van der Waals surface area contributed by atoms with E-state index >= 15 is 0 Å². The van der Waals surface area contributed by atoms with E-state index in [9.17, 15) is 15.3 Å². The molecule has 0 bridgehead atoms. The molecule has 1 aromatic carbocycles. The fraction of sp³-hybridized carbons (Fsp3) is 0.600. The van der Waals surface area contributed by atoms with Gasteiger partial charge in [-0.2, -0.15) is 0 Å². The van der Waals surface area contributed by atoms with Crippen LogP contribution in [0.4, 0.5) is 0 Å². The lowest BCUT2D eigenvalue weighted by Crippen LogP contribution is -2.46. The second-order valence-electron chi connectivity index (χ2n) is 5.51. The highest BCUT2D eigenvalue weighted by Crippen LogP contribution is 2.43. The van der Waals surface area contributed by atoms with Crippen molar-refractivity contribution < 1.29 is 15.3 Å². The second-order valence-corrected chi connectivity index (χ2v) is 5.51. The van der Waals surface area contributed by atoms with E-state index in [0.29, 0.717) is 11.5 Å². The van der Waals surface area contributed by atoms with Gasteiger partial charge in [0.15, 0.2) is 0 Å². The van der Waals surface area contributed by atoms with Gasteiger partial charge in [-0.25, -0.2) is 0 Å². The number of rotatable bonds is 4. The van der Waals surface area contributed by atoms with E-state index in [1.807, 2.05) is 0 Å². The first kappa shape index (κ1) is 14.9. The van der Waals surface area contributed by atoms with Gasteiger partial charge in [-0.15, -0.1) is 0 Å². The van der Waals surface area contributed by atoms with Crippen molar-refractivity contribution in [3.63, 3.8) is 0 Å². The third-order valence-corrected chi connectivity index (χ3v) is 4.14. The molecule has 4 N–H and O–H groups in total. The molecular formula is C15H24N2O3. The maximum absolute atomic E-state index is 10.2. The number of hydrogen-bond donors (Lipinski definition) is 4. The van der Waals surface area contributed by atoms with Gasteiger partial charge in [0.2, 0.25) is 0 Å². The third-order valence-electron chi connectivity index (χ3n) is 4.14. The van der Waals surface area contributed by atoms with Crippen LogP contribution in [-0.2, 0) is 0 Å². The lowest BCUT2D eigenvalue weighted by atomic mass is 9.89. The molecule has 0 saturated carbocycles. The van der Waals surface area contributed by atoms with Gasteiger partial charge >= 0.3 is 0 Å². The molecule has 1 heterocycles. The lowest BCUT2D eigenvalue weighted by Gasteiger charge is -2.38. The number of aromatic hydroxyl groups is 3. The summed E-state index contributed by atoms with van der Waals surface area (Å²) < 4.78 is 0. The first-order valence-corrected chi connectivity index (χ1v) is 7.24. The highest BCUT2D eigenvalue weighted by atomic mass is 16.3. The molecule has 0 spiro atoms. The Labute approximate surface area is 119 Å². The van der Waals surface area contributed by atoms with Crippen molar-refractivity contribution >= 4 is 0 Å². The van der Waals surface area contributed by atoms with E-state index in [4.69, 9.17) is 0 Å². The van der Waals surface area contributed by atoms with E-state index in [1.165, 1.54) is 12.1 Å². The smallest absolute Gasteiger partial charge is 0.127 e. The fourth-order valence-electron chi connectivity index (χ4n) is 2.92. The zero-order valence-electron chi connectivity index (χ0n) is 12.1. The largest absolute Gasteiger partial charge is 0.508 e. The van der Waals surface area contributed by atoms with Crippen molar-refractivity contribution in [2.24, 2.45) is 5.92 Å². The Bertz CT molecular complexity index is 435. The van der Waals surface area contributed by atoms with Crippen LogP contribution in [0.25, 0.3) is 0 Å². The predicted octanol–water partition coefficient (Wildman–Crippen LogP) is 1.80. The number of piperazine rings is 1. The van der Waals surface area contributed by atoms with Crippen LogP contribution in [0.1, 0.15) is 31.9 Å². The van der Waals surface area contributed by atoms with Crippen LogP contribution in [0.2, 0.25) is 0 Å². The van der Waals surface area contributed by atoms with Crippen LogP contribution in [-0.4, -0.2) is 46.4 Å². The maximum atomic E-state index is 10.2. The minimum atomic E-state index is -0.119. The van der Waals surface area contributed by atoms with Crippen LogP contribution in [0.3, 0.4) is 0 Å². The SMILES string of the molecule is CCC(C)[C@@H](c1c(O)cc(O)cc1O)N1CCNCC1. The Morgan fingerprint density at radius 3 is 2.20 bits per heavy atom. The highest BCUT2D eigenvalue weighted by molar-refractivity contribution is 5.50. The zero-order valence-corrected chi connectivity index (χ0v) is 12.1. The second kappa shape index (κ2) is 6.33. The molecule has 2 atom stereocenters. The summed E-state index contributed by atoms with van der Waals surface area (Å²) in [5.74, 6) is 0.110. The lowest BCUT2D eigenvalue weighted by molar-refractivity contribution is 0.124. The van der Waals surface area contributed by atoms with E-state index in [0.717, 1.165) is 32.6 Å². The van der Waals surface area contributed by atoms with Gasteiger partial charge in [0.25, 0.3) is 0 Å². The van der Waals surface area contributed by atoms with E-state index in [2.05, 4.69) is 24.1 Å². The van der Waals surface area contributed by atoms with Crippen molar-refractivity contribution in [3.8, 4) is 17.2 Å². The molecule has 0 aromatic heterocycles. The van der Waals surface area contributed by atoms with Crippen molar-refractivity contribution in [2.75, 3.05) is 26.2 Å². The van der Waals surface area contributed by atoms with Gasteiger partial charge in [0, 0.05) is 44.4 Å². The molecule has 1 aliphatic rings. The molecular weight excluding hydrogens is 256 g/mol. The van der Waals surface area contributed by atoms with E-state index in [1.54, 1.807) is 0 Å². The van der Waals surface area contributed by atoms with Gasteiger partial charge in [-0.3, -0.25) is 4.90 Å². The van der Waals surface area contributed by atoms with Gasteiger partial charge in [0.05, 0.1) is 5.56 Å². The molecule has 5 heteroatoms. The van der Waals surface area contributed by atoms with Gasteiger partial charge < -0.3 is 20.6 Å². The third kappa shape index (κ3) is 2.99. The molecule has 1 saturated heterocycles. The molecule has 20 heavy (non-hydrogen) atoms. The van der Waals surface area contributed by atoms with Gasteiger partial charge in [0.1, 0.15) is 17.2 Å². The zero-order chi connectivity index (χ0) is 14.7. The van der Waals surface area contributed by atoms with Crippen LogP contribution >= 0.6 is 0 Å². The van der Waals surface area contributed by atoms with Crippen LogP contribution in [0, 0.1) is 5.92 Å². The average molecular weight is 280 g/mol. The minimum Gasteiger partial charge on any atom is -0.508 e. The van der Waals surface area contributed by atoms with Crippen molar-refractivity contribution in [3.05, 3.63) is 17.7 Å². The quantitative estimate of drug-likeness (QED) is 0.676. The molecule has 0 aliphatic carbocycles.